The van der Waals surface area contributed by atoms with Crippen LogP contribution in [0.4, 0.5) is 16.3 Å². The lowest BCUT2D eigenvalue weighted by atomic mass is 9.89. The fraction of sp³-hybridized carbons (Fsp3) is 0.500. The third-order valence-electron chi connectivity index (χ3n) is 6.91. The number of anilines is 2. The number of nitrogens with zero attached hydrogens (tertiary/aromatic N) is 4. The summed E-state index contributed by atoms with van der Waals surface area (Å²) in [7, 11) is 0. The van der Waals surface area contributed by atoms with Crippen LogP contribution in [0.25, 0.3) is 10.2 Å². The molecule has 7 heteroatoms. The van der Waals surface area contributed by atoms with Crippen LogP contribution < -0.4 is 10.2 Å². The summed E-state index contributed by atoms with van der Waals surface area (Å²) in [4.78, 5) is 29.8. The Hall–Kier alpha value is -2.67. The molecule has 3 aromatic rings. The van der Waals surface area contributed by atoms with E-state index in [4.69, 9.17) is 9.97 Å². The number of benzene rings is 1. The number of carbonyl (C=O) groups is 1. The predicted octanol–water partition coefficient (Wildman–Crippen LogP) is 5.43. The molecule has 1 N–H and O–H groups in total. The number of hydrogen-bond acceptors (Lipinski definition) is 5. The topological polar surface area (TPSA) is 61.4 Å². The number of nitrogens with one attached hydrogen (secondary N) is 1. The number of thiophene rings is 1. The van der Waals surface area contributed by atoms with Crippen molar-refractivity contribution in [1.29, 1.82) is 0 Å². The molecule has 3 heterocycles. The van der Waals surface area contributed by atoms with Crippen molar-refractivity contribution in [3.8, 4) is 0 Å². The van der Waals surface area contributed by atoms with Gasteiger partial charge in [-0.2, -0.15) is 0 Å². The molecule has 0 bridgehead atoms. The first-order chi connectivity index (χ1) is 16.0. The Balaban J connectivity index is 1.37. The lowest BCUT2D eigenvalue weighted by molar-refractivity contribution is 0.208. The maximum Gasteiger partial charge on any atom is 0.321 e. The molecule has 0 radical (unpaired) electrons. The van der Waals surface area contributed by atoms with E-state index in [2.05, 4.69) is 24.1 Å². The minimum absolute atomic E-state index is 0.0228. The number of aryl methyl sites for hydroxylation is 3. The predicted molar refractivity (Wildman–Crippen MR) is 137 cm³/mol. The zero-order chi connectivity index (χ0) is 22.9. The first-order valence-corrected chi connectivity index (χ1v) is 13.0. The Kier molecular flexibility index (Phi) is 6.23. The van der Waals surface area contributed by atoms with E-state index in [1.165, 1.54) is 22.2 Å². The van der Waals surface area contributed by atoms with Crippen molar-refractivity contribution in [3.63, 3.8) is 0 Å². The molecule has 2 amide bonds. The van der Waals surface area contributed by atoms with Gasteiger partial charge in [-0.15, -0.1) is 11.3 Å². The number of urea groups is 1. The van der Waals surface area contributed by atoms with Crippen LogP contribution in [0.3, 0.4) is 0 Å². The normalized spacial score (nSPS) is 18.5. The summed E-state index contributed by atoms with van der Waals surface area (Å²) >= 11 is 1.88. The van der Waals surface area contributed by atoms with Gasteiger partial charge in [0, 0.05) is 43.2 Å². The molecule has 1 aromatic carbocycles. The van der Waals surface area contributed by atoms with Crippen molar-refractivity contribution in [2.75, 3.05) is 36.4 Å². The lowest BCUT2D eigenvalue weighted by Crippen LogP contribution is -2.50. The summed E-state index contributed by atoms with van der Waals surface area (Å²) in [6, 6.07) is 7.89. The summed E-state index contributed by atoms with van der Waals surface area (Å²) < 4.78 is 0. The van der Waals surface area contributed by atoms with Crippen LogP contribution in [-0.4, -0.2) is 47.1 Å². The first kappa shape index (κ1) is 22.1. The fourth-order valence-electron chi connectivity index (χ4n) is 4.96. The monoisotopic (exact) mass is 463 g/mol. The third-order valence-corrected chi connectivity index (χ3v) is 8.06. The fourth-order valence-corrected chi connectivity index (χ4v) is 6.36. The van der Waals surface area contributed by atoms with E-state index in [0.29, 0.717) is 13.1 Å². The van der Waals surface area contributed by atoms with Gasteiger partial charge < -0.3 is 15.1 Å². The highest BCUT2D eigenvalue weighted by Crippen LogP contribution is 2.41. The molecule has 1 unspecified atom stereocenters. The second-order valence-electron chi connectivity index (χ2n) is 9.46. The summed E-state index contributed by atoms with van der Waals surface area (Å²) in [5.74, 6) is 2.79. The van der Waals surface area contributed by atoms with Crippen LogP contribution in [0, 0.1) is 12.8 Å². The minimum atomic E-state index is -0.0228. The van der Waals surface area contributed by atoms with Crippen LogP contribution in [0.2, 0.25) is 0 Å². The molecule has 5 rings (SSSR count). The van der Waals surface area contributed by atoms with Gasteiger partial charge in [-0.1, -0.05) is 32.0 Å². The number of hydrogen-bond donors (Lipinski definition) is 1. The Morgan fingerprint density at radius 1 is 1.18 bits per heavy atom. The van der Waals surface area contributed by atoms with Gasteiger partial charge in [-0.25, -0.2) is 14.8 Å². The molecular formula is C26H33N5OS. The quantitative estimate of drug-likeness (QED) is 0.560. The average molecular weight is 464 g/mol. The average Bonchev–Trinajstić information content (AvgIpc) is 3.17. The molecule has 6 nitrogen and oxygen atoms in total. The zero-order valence-corrected chi connectivity index (χ0v) is 20.7. The van der Waals surface area contributed by atoms with Gasteiger partial charge in [0.2, 0.25) is 0 Å². The number of amides is 2. The molecule has 0 saturated carbocycles. The first-order valence-electron chi connectivity index (χ1n) is 12.2. The number of para-hydroxylation sites is 1. The van der Waals surface area contributed by atoms with Gasteiger partial charge in [0.1, 0.15) is 16.5 Å². The van der Waals surface area contributed by atoms with Gasteiger partial charge >= 0.3 is 6.03 Å². The molecule has 2 aromatic heterocycles. The number of rotatable bonds is 4. The van der Waals surface area contributed by atoms with Crippen molar-refractivity contribution in [3.05, 3.63) is 46.1 Å². The van der Waals surface area contributed by atoms with Gasteiger partial charge in [-0.3, -0.25) is 0 Å². The number of piperazine rings is 1. The van der Waals surface area contributed by atoms with E-state index in [9.17, 15) is 4.79 Å². The molecule has 1 saturated heterocycles. The van der Waals surface area contributed by atoms with Crippen LogP contribution in [0.15, 0.2) is 24.3 Å². The number of carbonyl (C=O) groups excluding carboxylic acids is 1. The van der Waals surface area contributed by atoms with Gasteiger partial charge in [0.05, 0.1) is 5.39 Å². The van der Waals surface area contributed by atoms with E-state index >= 15 is 0 Å². The molecule has 1 atom stereocenters. The Morgan fingerprint density at radius 2 is 1.97 bits per heavy atom. The summed E-state index contributed by atoms with van der Waals surface area (Å²) in [5.41, 5.74) is 3.43. The van der Waals surface area contributed by atoms with Gasteiger partial charge in [0.15, 0.2) is 0 Å². The highest BCUT2D eigenvalue weighted by atomic mass is 32.1. The number of aromatic nitrogens is 2. The molecule has 1 fully saturated rings. The summed E-state index contributed by atoms with van der Waals surface area (Å²) in [5, 5.41) is 4.35. The molecule has 174 valence electrons. The smallest absolute Gasteiger partial charge is 0.321 e. The van der Waals surface area contributed by atoms with Crippen LogP contribution in [0.5, 0.6) is 0 Å². The third kappa shape index (κ3) is 4.43. The van der Waals surface area contributed by atoms with Crippen molar-refractivity contribution >= 4 is 39.1 Å². The van der Waals surface area contributed by atoms with Crippen LogP contribution >= 0.6 is 11.3 Å². The van der Waals surface area contributed by atoms with E-state index in [-0.39, 0.29) is 6.03 Å². The van der Waals surface area contributed by atoms with Gasteiger partial charge in [-0.05, 0) is 55.7 Å². The van der Waals surface area contributed by atoms with E-state index in [1.807, 2.05) is 47.4 Å². The molecule has 1 aliphatic heterocycles. The second-order valence-corrected chi connectivity index (χ2v) is 10.5. The molecule has 1 aliphatic carbocycles. The van der Waals surface area contributed by atoms with Crippen LogP contribution in [0.1, 0.15) is 48.5 Å². The Labute approximate surface area is 200 Å². The van der Waals surface area contributed by atoms with E-state index < -0.39 is 0 Å². The Morgan fingerprint density at radius 3 is 2.73 bits per heavy atom. The van der Waals surface area contributed by atoms with Crippen molar-refractivity contribution in [2.45, 2.75) is 52.9 Å². The highest BCUT2D eigenvalue weighted by Gasteiger charge is 2.28. The molecule has 0 spiro atoms. The highest BCUT2D eigenvalue weighted by molar-refractivity contribution is 7.19. The standard InChI is InChI=1S/C26H33N5OS/c1-4-7-22-28-24(23-19-11-10-17(2)16-21(19)33-25(23)29-22)30-12-14-31(15-13-30)26(32)27-20-9-6-5-8-18(20)3/h5-6,8-9,17H,4,7,10-16H2,1-3H3,(H,27,32). The zero-order valence-electron chi connectivity index (χ0n) is 19.9. The second kappa shape index (κ2) is 9.29. The van der Waals surface area contributed by atoms with Crippen molar-refractivity contribution in [2.24, 2.45) is 5.92 Å². The maximum atomic E-state index is 12.9. The molecule has 2 aliphatic rings. The van der Waals surface area contributed by atoms with Gasteiger partial charge in [0.25, 0.3) is 0 Å². The van der Waals surface area contributed by atoms with Crippen LogP contribution in [-0.2, 0) is 19.3 Å². The van der Waals surface area contributed by atoms with E-state index in [0.717, 1.165) is 72.4 Å². The maximum absolute atomic E-state index is 12.9. The molecule has 33 heavy (non-hydrogen) atoms. The summed E-state index contributed by atoms with van der Waals surface area (Å²) in [6.45, 7) is 9.51. The largest absolute Gasteiger partial charge is 0.352 e. The molecular weight excluding hydrogens is 430 g/mol. The lowest BCUT2D eigenvalue weighted by Gasteiger charge is -2.36. The SMILES string of the molecule is CCCc1nc(N2CCN(C(=O)Nc3ccccc3C)CC2)c2c3c(sc2n1)CC(C)CC3. The van der Waals surface area contributed by atoms with Crippen molar-refractivity contribution < 1.29 is 4.79 Å². The Bertz CT molecular complexity index is 1160. The number of fused-ring (bicyclic) bond motifs is 3. The summed E-state index contributed by atoms with van der Waals surface area (Å²) in [6.07, 6.45) is 5.47. The minimum Gasteiger partial charge on any atom is -0.352 e. The van der Waals surface area contributed by atoms with E-state index in [1.54, 1.807) is 0 Å². The van der Waals surface area contributed by atoms with Crippen molar-refractivity contribution in [1.82, 2.24) is 14.9 Å².